The lowest BCUT2D eigenvalue weighted by molar-refractivity contribution is 0.583. The second-order valence-corrected chi connectivity index (χ2v) is 3.74. The van der Waals surface area contributed by atoms with Crippen molar-refractivity contribution in [2.75, 3.05) is 7.05 Å². The SMILES string of the molecule is CNCc1csc(-c2ccco2)c1. The molecule has 0 fully saturated rings. The maximum Gasteiger partial charge on any atom is 0.143 e. The van der Waals surface area contributed by atoms with E-state index in [1.807, 2.05) is 19.2 Å². The van der Waals surface area contributed by atoms with Gasteiger partial charge in [-0.15, -0.1) is 11.3 Å². The minimum absolute atomic E-state index is 0.914. The average molecular weight is 193 g/mol. The zero-order valence-corrected chi connectivity index (χ0v) is 8.23. The molecule has 0 radical (unpaired) electrons. The van der Waals surface area contributed by atoms with Gasteiger partial charge in [-0.3, -0.25) is 0 Å². The summed E-state index contributed by atoms with van der Waals surface area (Å²) in [6.45, 7) is 0.914. The van der Waals surface area contributed by atoms with Crippen LogP contribution in [0.5, 0.6) is 0 Å². The first-order chi connectivity index (χ1) is 6.40. The molecule has 0 aromatic carbocycles. The van der Waals surface area contributed by atoms with Gasteiger partial charge >= 0.3 is 0 Å². The van der Waals surface area contributed by atoms with Crippen molar-refractivity contribution in [3.63, 3.8) is 0 Å². The molecule has 2 nitrogen and oxygen atoms in total. The molecule has 0 atom stereocenters. The third-order valence-corrected chi connectivity index (χ3v) is 2.79. The van der Waals surface area contributed by atoms with Crippen LogP contribution in [0.4, 0.5) is 0 Å². The Hall–Kier alpha value is -1.06. The smallest absolute Gasteiger partial charge is 0.143 e. The molecule has 0 aliphatic carbocycles. The van der Waals surface area contributed by atoms with E-state index in [4.69, 9.17) is 4.42 Å². The lowest BCUT2D eigenvalue weighted by Crippen LogP contribution is -2.03. The molecule has 0 saturated carbocycles. The maximum atomic E-state index is 5.30. The Kier molecular flexibility index (Phi) is 2.47. The number of hydrogen-bond donors (Lipinski definition) is 1. The van der Waals surface area contributed by atoms with Gasteiger partial charge in [-0.25, -0.2) is 0 Å². The normalized spacial score (nSPS) is 10.5. The Bertz CT molecular complexity index is 364. The van der Waals surface area contributed by atoms with Crippen LogP contribution >= 0.6 is 11.3 Å². The topological polar surface area (TPSA) is 25.2 Å². The van der Waals surface area contributed by atoms with Crippen molar-refractivity contribution in [2.45, 2.75) is 6.54 Å². The van der Waals surface area contributed by atoms with E-state index in [1.165, 1.54) is 10.4 Å². The highest BCUT2D eigenvalue weighted by molar-refractivity contribution is 7.13. The van der Waals surface area contributed by atoms with Crippen molar-refractivity contribution in [1.29, 1.82) is 0 Å². The van der Waals surface area contributed by atoms with E-state index in [-0.39, 0.29) is 0 Å². The van der Waals surface area contributed by atoms with Crippen molar-refractivity contribution in [1.82, 2.24) is 5.32 Å². The van der Waals surface area contributed by atoms with Crippen LogP contribution in [0.2, 0.25) is 0 Å². The minimum atomic E-state index is 0.914. The fourth-order valence-corrected chi connectivity index (χ4v) is 2.10. The molecular formula is C10H11NOS. The Labute approximate surface area is 81.2 Å². The molecule has 0 saturated heterocycles. The van der Waals surface area contributed by atoms with Crippen LogP contribution in [0.3, 0.4) is 0 Å². The number of hydrogen-bond acceptors (Lipinski definition) is 3. The van der Waals surface area contributed by atoms with E-state index in [0.717, 1.165) is 12.3 Å². The van der Waals surface area contributed by atoms with Crippen LogP contribution in [-0.2, 0) is 6.54 Å². The van der Waals surface area contributed by atoms with Gasteiger partial charge in [0.15, 0.2) is 0 Å². The predicted octanol–water partition coefficient (Wildman–Crippen LogP) is 2.73. The lowest BCUT2D eigenvalue weighted by atomic mass is 10.3. The summed E-state index contributed by atoms with van der Waals surface area (Å²) >= 11 is 1.71. The van der Waals surface area contributed by atoms with Gasteiger partial charge < -0.3 is 9.73 Å². The van der Waals surface area contributed by atoms with E-state index in [2.05, 4.69) is 16.8 Å². The van der Waals surface area contributed by atoms with Gasteiger partial charge in [0.2, 0.25) is 0 Å². The fraction of sp³-hybridized carbons (Fsp3) is 0.200. The molecule has 1 N–H and O–H groups in total. The lowest BCUT2D eigenvalue weighted by Gasteiger charge is -1.91. The van der Waals surface area contributed by atoms with Gasteiger partial charge in [-0.1, -0.05) is 0 Å². The Morgan fingerprint density at radius 2 is 2.46 bits per heavy atom. The number of rotatable bonds is 3. The Morgan fingerprint density at radius 1 is 1.54 bits per heavy atom. The van der Waals surface area contributed by atoms with Crippen LogP contribution in [0.1, 0.15) is 5.56 Å². The summed E-state index contributed by atoms with van der Waals surface area (Å²) in [6, 6.07) is 6.04. The minimum Gasteiger partial charge on any atom is -0.464 e. The molecule has 0 unspecified atom stereocenters. The van der Waals surface area contributed by atoms with Gasteiger partial charge in [0, 0.05) is 6.54 Å². The summed E-state index contributed by atoms with van der Waals surface area (Å²) in [5.74, 6) is 0.951. The molecule has 13 heavy (non-hydrogen) atoms. The molecule has 0 spiro atoms. The van der Waals surface area contributed by atoms with Crippen LogP contribution in [0.15, 0.2) is 34.3 Å². The molecule has 0 aliphatic rings. The van der Waals surface area contributed by atoms with Gasteiger partial charge in [0.1, 0.15) is 5.76 Å². The van der Waals surface area contributed by atoms with E-state index >= 15 is 0 Å². The van der Waals surface area contributed by atoms with Crippen LogP contribution in [0.25, 0.3) is 10.6 Å². The van der Waals surface area contributed by atoms with Crippen LogP contribution in [0, 0.1) is 0 Å². The molecular weight excluding hydrogens is 182 g/mol. The molecule has 2 rings (SSSR count). The van der Waals surface area contributed by atoms with Crippen LogP contribution < -0.4 is 5.32 Å². The third-order valence-electron chi connectivity index (χ3n) is 1.80. The van der Waals surface area contributed by atoms with Crippen molar-refractivity contribution in [3.8, 4) is 10.6 Å². The quantitative estimate of drug-likeness (QED) is 0.810. The van der Waals surface area contributed by atoms with Crippen LogP contribution in [-0.4, -0.2) is 7.05 Å². The third kappa shape index (κ3) is 1.82. The van der Waals surface area contributed by atoms with E-state index in [9.17, 15) is 0 Å². The zero-order valence-electron chi connectivity index (χ0n) is 7.41. The maximum absolute atomic E-state index is 5.30. The molecule has 2 aromatic rings. The predicted molar refractivity (Wildman–Crippen MR) is 54.8 cm³/mol. The highest BCUT2D eigenvalue weighted by atomic mass is 32.1. The molecule has 2 heterocycles. The molecule has 0 amide bonds. The summed E-state index contributed by atoms with van der Waals surface area (Å²) < 4.78 is 5.30. The largest absolute Gasteiger partial charge is 0.464 e. The summed E-state index contributed by atoms with van der Waals surface area (Å²) in [5.41, 5.74) is 1.30. The van der Waals surface area contributed by atoms with Gasteiger partial charge in [0.25, 0.3) is 0 Å². The number of nitrogens with one attached hydrogen (secondary N) is 1. The summed E-state index contributed by atoms with van der Waals surface area (Å²) in [4.78, 5) is 1.19. The molecule has 0 aliphatic heterocycles. The van der Waals surface area contributed by atoms with Gasteiger partial charge in [0.05, 0.1) is 11.1 Å². The van der Waals surface area contributed by atoms with E-state index in [0.29, 0.717) is 0 Å². The van der Waals surface area contributed by atoms with Gasteiger partial charge in [-0.05, 0) is 36.2 Å². The highest BCUT2D eigenvalue weighted by Gasteiger charge is 2.03. The summed E-state index contributed by atoms with van der Waals surface area (Å²) in [5, 5.41) is 5.27. The first-order valence-corrected chi connectivity index (χ1v) is 5.04. The monoisotopic (exact) mass is 193 g/mol. The zero-order chi connectivity index (χ0) is 9.10. The molecule has 3 heteroatoms. The number of furan rings is 1. The fourth-order valence-electron chi connectivity index (χ4n) is 1.22. The van der Waals surface area contributed by atoms with Crippen molar-refractivity contribution in [2.24, 2.45) is 0 Å². The summed E-state index contributed by atoms with van der Waals surface area (Å²) in [6.07, 6.45) is 1.70. The Balaban J connectivity index is 2.23. The number of thiophene rings is 1. The van der Waals surface area contributed by atoms with Crippen molar-refractivity contribution < 1.29 is 4.42 Å². The molecule has 68 valence electrons. The molecule has 2 aromatic heterocycles. The van der Waals surface area contributed by atoms with Crippen molar-refractivity contribution >= 4 is 11.3 Å². The Morgan fingerprint density at radius 3 is 3.15 bits per heavy atom. The second kappa shape index (κ2) is 3.77. The standard InChI is InChI=1S/C10H11NOS/c1-11-6-8-5-10(13-7-8)9-3-2-4-12-9/h2-5,7,11H,6H2,1H3. The van der Waals surface area contributed by atoms with Crippen molar-refractivity contribution in [3.05, 3.63) is 35.4 Å². The highest BCUT2D eigenvalue weighted by Crippen LogP contribution is 2.27. The van der Waals surface area contributed by atoms with Gasteiger partial charge in [-0.2, -0.15) is 0 Å². The van der Waals surface area contributed by atoms with E-state index in [1.54, 1.807) is 17.6 Å². The first-order valence-electron chi connectivity index (χ1n) is 4.16. The second-order valence-electron chi connectivity index (χ2n) is 2.83. The average Bonchev–Trinajstić information content (AvgIpc) is 2.70. The molecule has 0 bridgehead atoms. The first kappa shape index (κ1) is 8.53. The summed E-state index contributed by atoms with van der Waals surface area (Å²) in [7, 11) is 1.95. The van der Waals surface area contributed by atoms with E-state index < -0.39 is 0 Å².